The average molecular weight is 352 g/mol. The van der Waals surface area contributed by atoms with Crippen LogP contribution in [0.15, 0.2) is 54.6 Å². The molecule has 1 saturated heterocycles. The van der Waals surface area contributed by atoms with E-state index in [0.29, 0.717) is 5.56 Å². The molecule has 1 aliphatic rings. The number of nitrogens with one attached hydrogen (secondary N) is 2. The molecular formula is C19H16N2O5. The summed E-state index contributed by atoms with van der Waals surface area (Å²) < 4.78 is 0. The van der Waals surface area contributed by atoms with Crippen molar-refractivity contribution in [1.82, 2.24) is 10.6 Å². The molecule has 1 atom stereocenters. The zero-order valence-corrected chi connectivity index (χ0v) is 13.9. The summed E-state index contributed by atoms with van der Waals surface area (Å²) in [5.41, 5.74) is -0.583. The fourth-order valence-corrected chi connectivity index (χ4v) is 3.06. The Morgan fingerprint density at radius 3 is 1.88 bits per heavy atom. The molecule has 0 saturated carbocycles. The Hall–Kier alpha value is -3.32. The number of rotatable bonds is 4. The first kappa shape index (κ1) is 17.5. The van der Waals surface area contributed by atoms with Gasteiger partial charge < -0.3 is 5.11 Å². The van der Waals surface area contributed by atoms with Crippen molar-refractivity contribution >= 4 is 23.6 Å². The molecule has 132 valence electrons. The number of benzene rings is 2. The SMILES string of the molecule is CC(=O)C(c1ccc(-c2ccccc2)cc1)C1(O)C(=O)NC(=O)NC1=O. The molecule has 4 amide bonds. The molecule has 1 fully saturated rings. The van der Waals surface area contributed by atoms with Crippen molar-refractivity contribution in [2.75, 3.05) is 0 Å². The van der Waals surface area contributed by atoms with E-state index in [4.69, 9.17) is 0 Å². The lowest BCUT2D eigenvalue weighted by Gasteiger charge is -2.34. The number of hydrogen-bond acceptors (Lipinski definition) is 5. The van der Waals surface area contributed by atoms with Gasteiger partial charge in [0, 0.05) is 0 Å². The third kappa shape index (κ3) is 2.89. The van der Waals surface area contributed by atoms with Gasteiger partial charge in [0.15, 0.2) is 0 Å². The Bertz CT molecular complexity index is 870. The van der Waals surface area contributed by atoms with Crippen LogP contribution in [-0.2, 0) is 14.4 Å². The molecule has 26 heavy (non-hydrogen) atoms. The lowest BCUT2D eigenvalue weighted by Crippen LogP contribution is -2.69. The second-order valence-corrected chi connectivity index (χ2v) is 6.04. The lowest BCUT2D eigenvalue weighted by atomic mass is 9.77. The predicted molar refractivity (Wildman–Crippen MR) is 91.9 cm³/mol. The Labute approximate surface area is 149 Å². The summed E-state index contributed by atoms with van der Waals surface area (Å²) in [6.07, 6.45) is 0. The maximum Gasteiger partial charge on any atom is 0.328 e. The van der Waals surface area contributed by atoms with Crippen LogP contribution in [0.3, 0.4) is 0 Å². The number of imide groups is 2. The zero-order valence-electron chi connectivity index (χ0n) is 13.9. The van der Waals surface area contributed by atoms with Gasteiger partial charge in [-0.25, -0.2) is 4.79 Å². The topological polar surface area (TPSA) is 113 Å². The fourth-order valence-electron chi connectivity index (χ4n) is 3.06. The van der Waals surface area contributed by atoms with Crippen LogP contribution in [0, 0.1) is 0 Å². The van der Waals surface area contributed by atoms with Gasteiger partial charge in [0.25, 0.3) is 11.8 Å². The summed E-state index contributed by atoms with van der Waals surface area (Å²) >= 11 is 0. The van der Waals surface area contributed by atoms with Crippen LogP contribution in [0.2, 0.25) is 0 Å². The molecule has 3 N–H and O–H groups in total. The van der Waals surface area contributed by atoms with Gasteiger partial charge >= 0.3 is 6.03 Å². The van der Waals surface area contributed by atoms with E-state index in [1.807, 2.05) is 41.0 Å². The van der Waals surface area contributed by atoms with Crippen molar-refractivity contribution in [2.45, 2.75) is 18.4 Å². The van der Waals surface area contributed by atoms with Crippen LogP contribution >= 0.6 is 0 Å². The largest absolute Gasteiger partial charge is 0.371 e. The maximum absolute atomic E-state index is 12.2. The molecule has 3 rings (SSSR count). The van der Waals surface area contributed by atoms with Gasteiger partial charge in [0.2, 0.25) is 5.60 Å². The molecule has 0 radical (unpaired) electrons. The smallest absolute Gasteiger partial charge is 0.328 e. The number of urea groups is 1. The number of barbiturate groups is 1. The van der Waals surface area contributed by atoms with Gasteiger partial charge in [-0.1, -0.05) is 54.6 Å². The van der Waals surface area contributed by atoms with Crippen LogP contribution in [0.25, 0.3) is 11.1 Å². The third-order valence-corrected chi connectivity index (χ3v) is 4.32. The number of amides is 4. The highest BCUT2D eigenvalue weighted by Gasteiger charge is 2.56. The van der Waals surface area contributed by atoms with Gasteiger partial charge in [0.05, 0.1) is 5.92 Å². The van der Waals surface area contributed by atoms with E-state index in [-0.39, 0.29) is 0 Å². The molecule has 7 heteroatoms. The highest BCUT2D eigenvalue weighted by atomic mass is 16.3. The monoisotopic (exact) mass is 352 g/mol. The first-order valence-corrected chi connectivity index (χ1v) is 7.89. The number of carbonyl (C=O) groups excluding carboxylic acids is 4. The number of Topliss-reactive ketones (excluding diaryl/α,β-unsaturated/α-hetero) is 1. The summed E-state index contributed by atoms with van der Waals surface area (Å²) in [6.45, 7) is 1.17. The van der Waals surface area contributed by atoms with Gasteiger partial charge in [-0.3, -0.25) is 25.0 Å². The molecule has 1 aliphatic heterocycles. The fraction of sp³-hybridized carbons (Fsp3) is 0.158. The Morgan fingerprint density at radius 2 is 1.38 bits per heavy atom. The van der Waals surface area contributed by atoms with Crippen molar-refractivity contribution in [3.63, 3.8) is 0 Å². The molecule has 2 aromatic carbocycles. The van der Waals surface area contributed by atoms with Gasteiger partial charge in [-0.15, -0.1) is 0 Å². The van der Waals surface area contributed by atoms with E-state index in [0.717, 1.165) is 11.1 Å². The molecule has 0 spiro atoms. The zero-order chi connectivity index (χ0) is 18.9. The summed E-state index contributed by atoms with van der Waals surface area (Å²) in [4.78, 5) is 47.7. The first-order chi connectivity index (χ1) is 12.3. The summed E-state index contributed by atoms with van der Waals surface area (Å²) in [5, 5.41) is 14.4. The second kappa shape index (κ2) is 6.53. The summed E-state index contributed by atoms with van der Waals surface area (Å²) in [5.74, 6) is -4.47. The van der Waals surface area contributed by atoms with E-state index in [1.165, 1.54) is 6.92 Å². The van der Waals surface area contributed by atoms with Crippen molar-refractivity contribution < 1.29 is 24.3 Å². The van der Waals surface area contributed by atoms with Crippen molar-refractivity contribution in [3.05, 3.63) is 60.2 Å². The molecule has 7 nitrogen and oxygen atoms in total. The minimum Gasteiger partial charge on any atom is -0.371 e. The van der Waals surface area contributed by atoms with Gasteiger partial charge in [-0.05, 0) is 23.6 Å². The Balaban J connectivity index is 2.01. The average Bonchev–Trinajstić information content (AvgIpc) is 2.61. The molecule has 0 aromatic heterocycles. The predicted octanol–water partition coefficient (Wildman–Crippen LogP) is 1.12. The van der Waals surface area contributed by atoms with E-state index < -0.39 is 35.1 Å². The van der Waals surface area contributed by atoms with E-state index in [1.54, 1.807) is 24.3 Å². The summed E-state index contributed by atoms with van der Waals surface area (Å²) in [6, 6.07) is 15.1. The summed E-state index contributed by atoms with van der Waals surface area (Å²) in [7, 11) is 0. The van der Waals surface area contributed by atoms with Gasteiger partial charge in [-0.2, -0.15) is 0 Å². The van der Waals surface area contributed by atoms with Crippen molar-refractivity contribution in [2.24, 2.45) is 0 Å². The third-order valence-electron chi connectivity index (χ3n) is 4.32. The van der Waals surface area contributed by atoms with Crippen LogP contribution in [0.1, 0.15) is 18.4 Å². The Kier molecular flexibility index (Phi) is 4.40. The number of ketones is 1. The van der Waals surface area contributed by atoms with Crippen LogP contribution in [0.5, 0.6) is 0 Å². The van der Waals surface area contributed by atoms with E-state index in [9.17, 15) is 24.3 Å². The number of aliphatic hydroxyl groups is 1. The first-order valence-electron chi connectivity index (χ1n) is 7.89. The van der Waals surface area contributed by atoms with Gasteiger partial charge in [0.1, 0.15) is 5.78 Å². The molecule has 2 aromatic rings. The number of hydrogen-bond donors (Lipinski definition) is 3. The lowest BCUT2D eigenvalue weighted by molar-refractivity contribution is -0.160. The normalized spacial score (nSPS) is 17.2. The highest BCUT2D eigenvalue weighted by molar-refractivity contribution is 6.24. The maximum atomic E-state index is 12.2. The van der Waals surface area contributed by atoms with Crippen molar-refractivity contribution in [1.29, 1.82) is 0 Å². The van der Waals surface area contributed by atoms with Crippen LogP contribution < -0.4 is 10.6 Å². The van der Waals surface area contributed by atoms with E-state index >= 15 is 0 Å². The van der Waals surface area contributed by atoms with Crippen molar-refractivity contribution in [3.8, 4) is 11.1 Å². The standard InChI is InChI=1S/C19H16N2O5/c1-11(22)15(19(26)16(23)20-18(25)21-17(19)24)14-9-7-13(8-10-14)12-5-3-2-4-6-12/h2-10,15,26H,1H3,(H2,20,21,23,24,25). The van der Waals surface area contributed by atoms with Crippen LogP contribution in [-0.4, -0.2) is 34.3 Å². The minimum absolute atomic E-state index is 0.291. The minimum atomic E-state index is -2.70. The highest BCUT2D eigenvalue weighted by Crippen LogP contribution is 2.33. The number of carbonyl (C=O) groups is 4. The molecular weight excluding hydrogens is 336 g/mol. The van der Waals surface area contributed by atoms with E-state index in [2.05, 4.69) is 0 Å². The molecule has 0 aliphatic carbocycles. The second-order valence-electron chi connectivity index (χ2n) is 6.04. The Morgan fingerprint density at radius 1 is 0.885 bits per heavy atom. The molecule has 1 heterocycles. The molecule has 0 bridgehead atoms. The quantitative estimate of drug-likeness (QED) is 0.714. The molecule has 1 unspecified atom stereocenters. The van der Waals surface area contributed by atoms with Crippen LogP contribution in [0.4, 0.5) is 4.79 Å².